The molecular weight excluding hydrogens is 306 g/mol. The number of carbonyl (C=O) groups is 1. The first kappa shape index (κ1) is 14.1. The molecule has 7 heteroatoms. The van der Waals surface area contributed by atoms with E-state index in [2.05, 4.69) is 20.5 Å². The van der Waals surface area contributed by atoms with Crippen LogP contribution in [0.15, 0.2) is 48.8 Å². The monoisotopic (exact) mass is 319 g/mol. The molecule has 7 nitrogen and oxygen atoms in total. The van der Waals surface area contributed by atoms with Crippen LogP contribution in [0.5, 0.6) is 0 Å². The Hall–Kier alpha value is -3.48. The van der Waals surface area contributed by atoms with E-state index in [1.165, 1.54) is 0 Å². The van der Waals surface area contributed by atoms with E-state index in [9.17, 15) is 9.90 Å². The van der Waals surface area contributed by atoms with Crippen molar-refractivity contribution in [3.8, 4) is 0 Å². The summed E-state index contributed by atoms with van der Waals surface area (Å²) in [5.74, 6) is -0.450. The van der Waals surface area contributed by atoms with Gasteiger partial charge in [0.05, 0.1) is 16.6 Å². The third kappa shape index (κ3) is 2.23. The second-order valence-corrected chi connectivity index (χ2v) is 5.43. The zero-order valence-corrected chi connectivity index (χ0v) is 12.8. The van der Waals surface area contributed by atoms with Crippen molar-refractivity contribution < 1.29 is 9.90 Å². The summed E-state index contributed by atoms with van der Waals surface area (Å²) in [4.78, 5) is 15.8. The maximum atomic E-state index is 11.2. The van der Waals surface area contributed by atoms with Gasteiger partial charge < -0.3 is 10.4 Å². The normalized spacial score (nSPS) is 11.0. The van der Waals surface area contributed by atoms with E-state index in [0.29, 0.717) is 17.2 Å². The summed E-state index contributed by atoms with van der Waals surface area (Å²) in [6, 6.07) is 12.6. The molecule has 0 unspecified atom stereocenters. The molecule has 0 bridgehead atoms. The molecule has 2 aromatic heterocycles. The second kappa shape index (κ2) is 5.31. The number of para-hydroxylation sites is 2. The molecule has 0 atom stereocenters. The first-order valence-electron chi connectivity index (χ1n) is 7.33. The van der Waals surface area contributed by atoms with Crippen molar-refractivity contribution in [2.45, 2.75) is 6.92 Å². The third-order valence-corrected chi connectivity index (χ3v) is 3.87. The Kier molecular flexibility index (Phi) is 3.13. The van der Waals surface area contributed by atoms with Crippen molar-refractivity contribution in [1.82, 2.24) is 19.6 Å². The molecule has 2 heterocycles. The number of hydrogen-bond acceptors (Lipinski definition) is 5. The summed E-state index contributed by atoms with van der Waals surface area (Å²) in [7, 11) is 0. The Morgan fingerprint density at radius 3 is 2.88 bits per heavy atom. The van der Waals surface area contributed by atoms with Crippen molar-refractivity contribution in [3.63, 3.8) is 0 Å². The first-order chi connectivity index (χ1) is 11.6. The Bertz CT molecular complexity index is 1090. The predicted molar refractivity (Wildman–Crippen MR) is 89.7 cm³/mol. The van der Waals surface area contributed by atoms with Gasteiger partial charge in [-0.1, -0.05) is 18.2 Å². The van der Waals surface area contributed by atoms with Crippen LogP contribution in [0.4, 0.5) is 11.5 Å². The lowest BCUT2D eigenvalue weighted by Gasteiger charge is -2.11. The molecule has 0 aliphatic heterocycles. The fourth-order valence-corrected chi connectivity index (χ4v) is 2.61. The lowest BCUT2D eigenvalue weighted by atomic mass is 10.1. The molecule has 0 amide bonds. The predicted octanol–water partition coefficient (Wildman–Crippen LogP) is 3.03. The Morgan fingerprint density at radius 2 is 2.04 bits per heavy atom. The Labute approximate surface area is 136 Å². The van der Waals surface area contributed by atoms with Gasteiger partial charge in [-0.15, -0.1) is 10.2 Å². The van der Waals surface area contributed by atoms with Crippen LogP contribution in [-0.4, -0.2) is 30.7 Å². The minimum atomic E-state index is -0.975. The van der Waals surface area contributed by atoms with Crippen molar-refractivity contribution in [1.29, 1.82) is 0 Å². The summed E-state index contributed by atoms with van der Waals surface area (Å²) >= 11 is 0. The number of hydrogen-bond donors (Lipinski definition) is 2. The smallest absolute Gasteiger partial charge is 0.335 e. The van der Waals surface area contributed by atoms with Crippen LogP contribution in [-0.2, 0) is 0 Å². The molecule has 2 aromatic carbocycles. The van der Waals surface area contributed by atoms with Gasteiger partial charge in [0.25, 0.3) is 0 Å². The van der Waals surface area contributed by atoms with Crippen LogP contribution >= 0.6 is 0 Å². The van der Waals surface area contributed by atoms with Crippen LogP contribution in [0, 0.1) is 6.92 Å². The lowest BCUT2D eigenvalue weighted by Crippen LogP contribution is -2.03. The van der Waals surface area contributed by atoms with Gasteiger partial charge in [-0.25, -0.2) is 9.78 Å². The van der Waals surface area contributed by atoms with Crippen molar-refractivity contribution >= 4 is 34.2 Å². The average molecular weight is 319 g/mol. The van der Waals surface area contributed by atoms with Crippen LogP contribution in [0.25, 0.3) is 16.7 Å². The maximum Gasteiger partial charge on any atom is 0.335 e. The van der Waals surface area contributed by atoms with Crippen LogP contribution in [0.2, 0.25) is 0 Å². The summed E-state index contributed by atoms with van der Waals surface area (Å²) in [5, 5.41) is 20.5. The fourth-order valence-electron chi connectivity index (χ4n) is 2.61. The van der Waals surface area contributed by atoms with E-state index in [-0.39, 0.29) is 5.56 Å². The van der Waals surface area contributed by atoms with Gasteiger partial charge in [-0.05, 0) is 36.8 Å². The molecule has 4 aromatic rings. The first-order valence-corrected chi connectivity index (χ1v) is 7.33. The molecule has 118 valence electrons. The third-order valence-electron chi connectivity index (χ3n) is 3.87. The van der Waals surface area contributed by atoms with Crippen LogP contribution in [0.1, 0.15) is 15.9 Å². The molecular formula is C17H13N5O2. The van der Waals surface area contributed by atoms with Crippen LogP contribution < -0.4 is 5.32 Å². The molecule has 0 radical (unpaired) electrons. The summed E-state index contributed by atoms with van der Waals surface area (Å²) < 4.78 is 1.85. The van der Waals surface area contributed by atoms with Gasteiger partial charge in [0.2, 0.25) is 5.65 Å². The zero-order chi connectivity index (χ0) is 16.7. The molecule has 2 N–H and O–H groups in total. The van der Waals surface area contributed by atoms with E-state index in [4.69, 9.17) is 0 Å². The van der Waals surface area contributed by atoms with Crippen LogP contribution in [0.3, 0.4) is 0 Å². The number of aromatic carboxylic acids is 1. The maximum absolute atomic E-state index is 11.2. The molecule has 0 saturated heterocycles. The number of rotatable bonds is 3. The highest BCUT2D eigenvalue weighted by atomic mass is 16.4. The van der Waals surface area contributed by atoms with E-state index in [1.807, 2.05) is 35.6 Å². The SMILES string of the molecule is Cc1ccc(C(=O)O)cc1Nc1nc2ccccc2n2cnnc12. The highest BCUT2D eigenvalue weighted by Crippen LogP contribution is 2.25. The van der Waals surface area contributed by atoms with Gasteiger partial charge in [0.15, 0.2) is 5.82 Å². The average Bonchev–Trinajstić information content (AvgIpc) is 3.07. The van der Waals surface area contributed by atoms with Gasteiger partial charge in [0, 0.05) is 5.69 Å². The fraction of sp³-hybridized carbons (Fsp3) is 0.0588. The molecule has 0 spiro atoms. The van der Waals surface area contributed by atoms with Gasteiger partial charge >= 0.3 is 5.97 Å². The number of nitrogens with one attached hydrogen (secondary N) is 1. The molecule has 0 aliphatic carbocycles. The number of anilines is 2. The molecule has 0 aliphatic rings. The van der Waals surface area contributed by atoms with E-state index in [0.717, 1.165) is 16.6 Å². The van der Waals surface area contributed by atoms with E-state index < -0.39 is 5.97 Å². The highest BCUT2D eigenvalue weighted by molar-refractivity contribution is 5.90. The number of carboxylic acids is 1. The zero-order valence-electron chi connectivity index (χ0n) is 12.8. The quantitative estimate of drug-likeness (QED) is 0.603. The number of benzene rings is 2. The standard InChI is InChI=1S/C17H13N5O2/c1-10-6-7-11(17(23)24)8-13(10)20-15-16-21-18-9-22(16)14-5-3-2-4-12(14)19-15/h2-9H,1H3,(H,19,20)(H,23,24). The number of fused-ring (bicyclic) bond motifs is 3. The topological polar surface area (TPSA) is 92.4 Å². The van der Waals surface area contributed by atoms with Crippen molar-refractivity contribution in [2.24, 2.45) is 0 Å². The molecule has 4 rings (SSSR count). The second-order valence-electron chi connectivity index (χ2n) is 5.43. The van der Waals surface area contributed by atoms with Gasteiger partial charge in [-0.3, -0.25) is 4.40 Å². The lowest BCUT2D eigenvalue weighted by molar-refractivity contribution is 0.0697. The molecule has 0 saturated carbocycles. The summed E-state index contributed by atoms with van der Waals surface area (Å²) in [6.07, 6.45) is 1.63. The summed E-state index contributed by atoms with van der Waals surface area (Å²) in [5.41, 5.74) is 4.06. The van der Waals surface area contributed by atoms with E-state index >= 15 is 0 Å². The van der Waals surface area contributed by atoms with Gasteiger partial charge in [0.1, 0.15) is 6.33 Å². The minimum absolute atomic E-state index is 0.210. The Balaban J connectivity index is 1.89. The largest absolute Gasteiger partial charge is 0.478 e. The van der Waals surface area contributed by atoms with Crippen molar-refractivity contribution in [2.75, 3.05) is 5.32 Å². The van der Waals surface area contributed by atoms with E-state index in [1.54, 1.807) is 24.5 Å². The Morgan fingerprint density at radius 1 is 1.21 bits per heavy atom. The molecule has 0 fully saturated rings. The number of carboxylic acid groups (broad SMARTS) is 1. The highest BCUT2D eigenvalue weighted by Gasteiger charge is 2.12. The van der Waals surface area contributed by atoms with Crippen molar-refractivity contribution in [3.05, 3.63) is 59.9 Å². The van der Waals surface area contributed by atoms with Gasteiger partial charge in [-0.2, -0.15) is 0 Å². The number of nitrogens with zero attached hydrogens (tertiary/aromatic N) is 4. The molecule has 24 heavy (non-hydrogen) atoms. The number of aryl methyl sites for hydroxylation is 1. The minimum Gasteiger partial charge on any atom is -0.478 e. The summed E-state index contributed by atoms with van der Waals surface area (Å²) in [6.45, 7) is 1.90. The number of aromatic nitrogens is 4.